The number of nitriles is 1. The third kappa shape index (κ3) is 3.06. The second kappa shape index (κ2) is 5.24. The van der Waals surface area contributed by atoms with E-state index in [9.17, 15) is 0 Å². The van der Waals surface area contributed by atoms with Crippen molar-refractivity contribution in [3.8, 4) is 6.19 Å². The summed E-state index contributed by atoms with van der Waals surface area (Å²) in [6, 6.07) is 0. The molecule has 0 saturated carbocycles. The molecular formula is C7H10N6S. The highest BCUT2D eigenvalue weighted by atomic mass is 32.2. The monoisotopic (exact) mass is 210 g/mol. The van der Waals surface area contributed by atoms with E-state index in [0.29, 0.717) is 17.5 Å². The van der Waals surface area contributed by atoms with Gasteiger partial charge in [-0.25, -0.2) is 4.98 Å². The van der Waals surface area contributed by atoms with Gasteiger partial charge >= 0.3 is 0 Å². The Bertz CT molecular complexity index is 363. The van der Waals surface area contributed by atoms with Gasteiger partial charge in [0.05, 0.1) is 0 Å². The maximum Gasteiger partial charge on any atom is 0.183 e. The van der Waals surface area contributed by atoms with Crippen LogP contribution >= 0.6 is 11.8 Å². The van der Waals surface area contributed by atoms with Crippen molar-refractivity contribution in [3.63, 3.8) is 0 Å². The molecule has 0 radical (unpaired) electrons. The first-order valence-electron chi connectivity index (χ1n) is 3.84. The Morgan fingerprint density at radius 3 is 3.14 bits per heavy atom. The van der Waals surface area contributed by atoms with Crippen LogP contribution in [0.15, 0.2) is 11.3 Å². The summed E-state index contributed by atoms with van der Waals surface area (Å²) in [5, 5.41) is 15.5. The minimum absolute atomic E-state index is 0.381. The predicted octanol–water partition coefficient (Wildman–Crippen LogP) is 0.105. The average Bonchev–Trinajstić information content (AvgIpc) is 2.59. The lowest BCUT2D eigenvalue weighted by Crippen LogP contribution is -2.13. The molecule has 0 spiro atoms. The molecule has 1 rings (SSSR count). The van der Waals surface area contributed by atoms with Crippen LogP contribution in [0.2, 0.25) is 0 Å². The van der Waals surface area contributed by atoms with Crippen LogP contribution in [0, 0.1) is 11.5 Å². The third-order valence-corrected chi connectivity index (χ3v) is 1.99. The first-order valence-corrected chi connectivity index (χ1v) is 5.06. The van der Waals surface area contributed by atoms with E-state index in [0.717, 1.165) is 0 Å². The Morgan fingerprint density at radius 1 is 1.86 bits per heavy atom. The highest BCUT2D eigenvalue weighted by molar-refractivity contribution is 8.13. The van der Waals surface area contributed by atoms with Gasteiger partial charge in [0.25, 0.3) is 0 Å². The zero-order chi connectivity index (χ0) is 10.4. The summed E-state index contributed by atoms with van der Waals surface area (Å²) in [7, 11) is 1.79. The summed E-state index contributed by atoms with van der Waals surface area (Å²) in [6.45, 7) is 0.381. The predicted molar refractivity (Wildman–Crippen MR) is 54.4 cm³/mol. The van der Waals surface area contributed by atoms with Crippen LogP contribution in [0.1, 0.15) is 5.82 Å². The van der Waals surface area contributed by atoms with E-state index in [-0.39, 0.29) is 0 Å². The van der Waals surface area contributed by atoms with Crippen molar-refractivity contribution in [2.45, 2.75) is 6.54 Å². The summed E-state index contributed by atoms with van der Waals surface area (Å²) in [6.07, 6.45) is 5.27. The summed E-state index contributed by atoms with van der Waals surface area (Å²) in [4.78, 5) is 8.13. The van der Waals surface area contributed by atoms with Crippen LogP contribution in [0.3, 0.4) is 0 Å². The minimum Gasteiger partial charge on any atom is -0.272 e. The zero-order valence-electron chi connectivity index (χ0n) is 7.93. The highest BCUT2D eigenvalue weighted by Crippen LogP contribution is 1.98. The Morgan fingerprint density at radius 2 is 2.64 bits per heavy atom. The summed E-state index contributed by atoms with van der Waals surface area (Å²) in [5.74, 6) is 0.638. The average molecular weight is 210 g/mol. The van der Waals surface area contributed by atoms with Crippen molar-refractivity contribution in [3.05, 3.63) is 12.2 Å². The summed E-state index contributed by atoms with van der Waals surface area (Å²) >= 11 is 1.37. The zero-order valence-corrected chi connectivity index (χ0v) is 8.75. The molecule has 14 heavy (non-hydrogen) atoms. The number of thioether (sulfide) groups is 1. The van der Waals surface area contributed by atoms with Gasteiger partial charge in [-0.2, -0.15) is 10.4 Å². The molecule has 1 aromatic heterocycles. The van der Waals surface area contributed by atoms with E-state index in [2.05, 4.69) is 20.4 Å². The van der Waals surface area contributed by atoms with Crippen molar-refractivity contribution >= 4 is 16.9 Å². The number of nitrogens with zero attached hydrogens (tertiary/aromatic N) is 5. The van der Waals surface area contributed by atoms with Gasteiger partial charge in [0.15, 0.2) is 17.2 Å². The lowest BCUT2D eigenvalue weighted by molar-refractivity contribution is 0.743. The molecule has 0 amide bonds. The molecule has 6 nitrogen and oxygen atoms in total. The fourth-order valence-corrected chi connectivity index (χ4v) is 1.14. The van der Waals surface area contributed by atoms with Crippen molar-refractivity contribution in [1.29, 1.82) is 5.26 Å². The molecule has 1 aromatic rings. The van der Waals surface area contributed by atoms with E-state index < -0.39 is 0 Å². The normalized spacial score (nSPS) is 11.1. The standard InChI is InChI=1S/C7H10N6S/c1-13-5-11-6(12-13)3-9-7(14-2)10-4-8/h5H,3H2,1-2H3,(H,9,10). The van der Waals surface area contributed by atoms with Crippen LogP contribution in [0.5, 0.6) is 0 Å². The van der Waals surface area contributed by atoms with E-state index >= 15 is 0 Å². The summed E-state index contributed by atoms with van der Waals surface area (Å²) in [5.41, 5.74) is 0. The third-order valence-electron chi connectivity index (χ3n) is 1.37. The molecule has 0 atom stereocenters. The molecular weight excluding hydrogens is 200 g/mol. The van der Waals surface area contributed by atoms with E-state index in [1.165, 1.54) is 11.8 Å². The van der Waals surface area contributed by atoms with Gasteiger partial charge in [-0.15, -0.1) is 0 Å². The molecule has 0 aliphatic rings. The van der Waals surface area contributed by atoms with Crippen LogP contribution < -0.4 is 5.32 Å². The van der Waals surface area contributed by atoms with E-state index in [1.54, 1.807) is 18.1 Å². The van der Waals surface area contributed by atoms with Crippen molar-refractivity contribution < 1.29 is 0 Å². The molecule has 0 unspecified atom stereocenters. The van der Waals surface area contributed by atoms with Gasteiger partial charge in [0, 0.05) is 7.05 Å². The number of rotatable bonds is 2. The number of amidine groups is 1. The molecule has 1 N–H and O–H groups in total. The number of aliphatic imine (C=N–C) groups is 1. The second-order valence-electron chi connectivity index (χ2n) is 2.40. The van der Waals surface area contributed by atoms with Gasteiger partial charge < -0.3 is 0 Å². The highest BCUT2D eigenvalue weighted by Gasteiger charge is 1.98. The largest absolute Gasteiger partial charge is 0.272 e. The molecule has 7 heteroatoms. The minimum atomic E-state index is 0.381. The Labute approximate surface area is 86.0 Å². The first kappa shape index (κ1) is 10.5. The maximum atomic E-state index is 8.38. The molecule has 0 aliphatic heterocycles. The van der Waals surface area contributed by atoms with Crippen LogP contribution in [-0.4, -0.2) is 26.2 Å². The van der Waals surface area contributed by atoms with Crippen LogP contribution in [-0.2, 0) is 13.6 Å². The maximum absolute atomic E-state index is 8.38. The lowest BCUT2D eigenvalue weighted by Gasteiger charge is -1.96. The first-order chi connectivity index (χ1) is 6.76. The number of hydrogen-bond donors (Lipinski definition) is 1. The molecule has 0 aromatic carbocycles. The fraction of sp³-hybridized carbons (Fsp3) is 0.429. The number of hydrogen-bond acceptors (Lipinski definition) is 5. The fourth-order valence-electron chi connectivity index (χ4n) is 0.802. The number of aryl methyl sites for hydroxylation is 1. The van der Waals surface area contributed by atoms with Gasteiger partial charge in [-0.1, -0.05) is 11.8 Å². The van der Waals surface area contributed by atoms with Crippen LogP contribution in [0.25, 0.3) is 0 Å². The number of aromatic nitrogens is 3. The topological polar surface area (TPSA) is 78.9 Å². The second-order valence-corrected chi connectivity index (χ2v) is 3.19. The van der Waals surface area contributed by atoms with Gasteiger partial charge in [-0.05, 0) is 6.26 Å². The molecule has 0 saturated heterocycles. The lowest BCUT2D eigenvalue weighted by atomic mass is 10.6. The SMILES string of the molecule is CSC(=NCc1ncn(C)n1)NC#N. The Hall–Kier alpha value is -1.55. The van der Waals surface area contributed by atoms with E-state index in [1.807, 2.05) is 12.4 Å². The van der Waals surface area contributed by atoms with Gasteiger partial charge in [0.1, 0.15) is 12.9 Å². The molecule has 0 aliphatic carbocycles. The molecule has 0 fully saturated rings. The quantitative estimate of drug-likeness (QED) is 0.324. The van der Waals surface area contributed by atoms with Gasteiger partial charge in [0.2, 0.25) is 0 Å². The molecule has 74 valence electrons. The van der Waals surface area contributed by atoms with Gasteiger partial charge in [-0.3, -0.25) is 15.0 Å². The van der Waals surface area contributed by atoms with Crippen LogP contribution in [0.4, 0.5) is 0 Å². The van der Waals surface area contributed by atoms with Crippen molar-refractivity contribution in [2.24, 2.45) is 12.0 Å². The number of nitrogens with one attached hydrogen (secondary N) is 1. The molecule has 1 heterocycles. The van der Waals surface area contributed by atoms with E-state index in [4.69, 9.17) is 5.26 Å². The van der Waals surface area contributed by atoms with Crippen molar-refractivity contribution in [2.75, 3.05) is 6.26 Å². The van der Waals surface area contributed by atoms with Crippen molar-refractivity contribution in [1.82, 2.24) is 20.1 Å². The smallest absolute Gasteiger partial charge is 0.183 e. The Balaban J connectivity index is 2.57. The Kier molecular flexibility index (Phi) is 3.94. The molecule has 0 bridgehead atoms. The summed E-state index contributed by atoms with van der Waals surface area (Å²) < 4.78 is 1.61.